The standard InChI is InChI=1S/C9H10N2O/c1-12-8-4-2-7(3-5-8)9(11)6-10/h2-5,9H,11H2,1H3/t9-/m1/s1. The second-order valence-corrected chi connectivity index (χ2v) is 2.38. The highest BCUT2D eigenvalue weighted by Crippen LogP contribution is 2.14. The summed E-state index contributed by atoms with van der Waals surface area (Å²) in [6.45, 7) is 0. The van der Waals surface area contributed by atoms with E-state index in [-0.39, 0.29) is 0 Å². The van der Waals surface area contributed by atoms with E-state index < -0.39 is 6.04 Å². The molecule has 0 aromatic heterocycles. The van der Waals surface area contributed by atoms with Crippen LogP contribution in [0.1, 0.15) is 11.6 Å². The fourth-order valence-electron chi connectivity index (χ4n) is 0.886. The fourth-order valence-corrected chi connectivity index (χ4v) is 0.886. The van der Waals surface area contributed by atoms with Gasteiger partial charge >= 0.3 is 0 Å². The minimum absolute atomic E-state index is 0.545. The summed E-state index contributed by atoms with van der Waals surface area (Å²) in [7, 11) is 1.60. The second-order valence-electron chi connectivity index (χ2n) is 2.38. The molecular formula is C9H10N2O. The van der Waals surface area contributed by atoms with Crippen LogP contribution in [0.25, 0.3) is 0 Å². The average Bonchev–Trinajstić information content (AvgIpc) is 2.17. The molecule has 0 unspecified atom stereocenters. The van der Waals surface area contributed by atoms with E-state index in [1.165, 1.54) is 0 Å². The molecule has 0 bridgehead atoms. The summed E-state index contributed by atoms with van der Waals surface area (Å²) in [5.41, 5.74) is 6.29. The number of nitriles is 1. The Morgan fingerprint density at radius 1 is 1.42 bits per heavy atom. The van der Waals surface area contributed by atoms with Crippen LogP contribution < -0.4 is 10.5 Å². The summed E-state index contributed by atoms with van der Waals surface area (Å²) in [6.07, 6.45) is 0. The van der Waals surface area contributed by atoms with E-state index >= 15 is 0 Å². The van der Waals surface area contributed by atoms with Crippen molar-refractivity contribution in [2.24, 2.45) is 5.73 Å². The summed E-state index contributed by atoms with van der Waals surface area (Å²) < 4.78 is 4.96. The van der Waals surface area contributed by atoms with E-state index in [0.29, 0.717) is 0 Å². The highest BCUT2D eigenvalue weighted by Gasteiger charge is 2.02. The lowest BCUT2D eigenvalue weighted by Gasteiger charge is -2.03. The van der Waals surface area contributed by atoms with Crippen LogP contribution >= 0.6 is 0 Å². The van der Waals surface area contributed by atoms with E-state index in [9.17, 15) is 0 Å². The minimum Gasteiger partial charge on any atom is -0.497 e. The van der Waals surface area contributed by atoms with Crippen molar-refractivity contribution in [2.45, 2.75) is 6.04 Å². The SMILES string of the molecule is COc1ccc([C@H](N)C#N)cc1. The smallest absolute Gasteiger partial charge is 0.118 e. The number of nitrogens with zero attached hydrogens (tertiary/aromatic N) is 1. The van der Waals surface area contributed by atoms with Gasteiger partial charge in [0.1, 0.15) is 11.8 Å². The Kier molecular flexibility index (Phi) is 2.67. The maximum Gasteiger partial charge on any atom is 0.118 e. The van der Waals surface area contributed by atoms with E-state index in [1.54, 1.807) is 31.4 Å². The highest BCUT2D eigenvalue weighted by molar-refractivity contribution is 5.31. The Balaban J connectivity index is 2.86. The molecule has 0 aliphatic carbocycles. The molecule has 3 heteroatoms. The number of hydrogen-bond donors (Lipinski definition) is 1. The van der Waals surface area contributed by atoms with E-state index in [0.717, 1.165) is 11.3 Å². The number of methoxy groups -OCH3 is 1. The lowest BCUT2D eigenvalue weighted by molar-refractivity contribution is 0.414. The Labute approximate surface area is 71.4 Å². The topological polar surface area (TPSA) is 59.0 Å². The monoisotopic (exact) mass is 162 g/mol. The second kappa shape index (κ2) is 3.74. The Bertz CT molecular complexity index is 286. The van der Waals surface area contributed by atoms with Gasteiger partial charge in [0.15, 0.2) is 0 Å². The third-order valence-corrected chi connectivity index (χ3v) is 1.61. The first-order chi connectivity index (χ1) is 5.77. The Hall–Kier alpha value is -1.53. The predicted molar refractivity (Wildman–Crippen MR) is 45.5 cm³/mol. The first-order valence-electron chi connectivity index (χ1n) is 3.57. The highest BCUT2D eigenvalue weighted by atomic mass is 16.5. The first kappa shape index (κ1) is 8.57. The van der Waals surface area contributed by atoms with Crippen molar-refractivity contribution in [3.05, 3.63) is 29.8 Å². The third kappa shape index (κ3) is 1.74. The van der Waals surface area contributed by atoms with Crippen LogP contribution in [-0.2, 0) is 0 Å². The lowest BCUT2D eigenvalue weighted by Crippen LogP contribution is -2.06. The summed E-state index contributed by atoms with van der Waals surface area (Å²) >= 11 is 0. The van der Waals surface area contributed by atoms with Crippen LogP contribution in [0, 0.1) is 11.3 Å². The van der Waals surface area contributed by atoms with Crippen molar-refractivity contribution in [1.29, 1.82) is 5.26 Å². The molecule has 1 rings (SSSR count). The van der Waals surface area contributed by atoms with E-state index in [1.807, 2.05) is 6.07 Å². The molecule has 62 valence electrons. The first-order valence-corrected chi connectivity index (χ1v) is 3.57. The van der Waals surface area contributed by atoms with Gasteiger partial charge < -0.3 is 10.5 Å². The van der Waals surface area contributed by atoms with Gasteiger partial charge in [-0.25, -0.2) is 0 Å². The Morgan fingerprint density at radius 2 is 2.00 bits per heavy atom. The van der Waals surface area contributed by atoms with Gasteiger partial charge in [0.25, 0.3) is 0 Å². The number of hydrogen-bond acceptors (Lipinski definition) is 3. The van der Waals surface area contributed by atoms with Gasteiger partial charge in [-0.15, -0.1) is 0 Å². The molecule has 0 aliphatic heterocycles. The molecule has 0 fully saturated rings. The molecule has 1 aromatic carbocycles. The maximum atomic E-state index is 8.51. The van der Waals surface area contributed by atoms with Gasteiger partial charge in [0.05, 0.1) is 13.2 Å². The quantitative estimate of drug-likeness (QED) is 0.711. The van der Waals surface area contributed by atoms with Crippen molar-refractivity contribution >= 4 is 0 Å². The minimum atomic E-state index is -0.545. The van der Waals surface area contributed by atoms with E-state index in [2.05, 4.69) is 0 Å². The largest absolute Gasteiger partial charge is 0.497 e. The normalized spacial score (nSPS) is 11.8. The molecule has 0 saturated heterocycles. The van der Waals surface area contributed by atoms with Gasteiger partial charge in [0, 0.05) is 0 Å². The number of benzene rings is 1. The molecule has 3 nitrogen and oxygen atoms in total. The molecule has 0 spiro atoms. The predicted octanol–water partition coefficient (Wildman–Crippen LogP) is 1.22. The van der Waals surface area contributed by atoms with Crippen molar-refractivity contribution in [2.75, 3.05) is 7.11 Å². The molecule has 0 radical (unpaired) electrons. The van der Waals surface area contributed by atoms with E-state index in [4.69, 9.17) is 15.7 Å². The molecule has 2 N–H and O–H groups in total. The van der Waals surface area contributed by atoms with Crippen LogP contribution in [0.4, 0.5) is 0 Å². The van der Waals surface area contributed by atoms with Crippen molar-refractivity contribution in [1.82, 2.24) is 0 Å². The zero-order valence-electron chi connectivity index (χ0n) is 6.82. The van der Waals surface area contributed by atoms with Gasteiger partial charge in [-0.2, -0.15) is 5.26 Å². The molecule has 12 heavy (non-hydrogen) atoms. The molecule has 0 heterocycles. The number of nitrogens with two attached hydrogens (primary N) is 1. The van der Waals surface area contributed by atoms with Crippen LogP contribution in [0.5, 0.6) is 5.75 Å². The zero-order valence-corrected chi connectivity index (χ0v) is 6.82. The summed E-state index contributed by atoms with van der Waals surface area (Å²) in [5.74, 6) is 0.767. The van der Waals surface area contributed by atoms with Crippen LogP contribution in [-0.4, -0.2) is 7.11 Å². The molecule has 1 aromatic rings. The zero-order chi connectivity index (χ0) is 8.97. The molecular weight excluding hydrogens is 152 g/mol. The van der Waals surface area contributed by atoms with Gasteiger partial charge in [0.2, 0.25) is 0 Å². The average molecular weight is 162 g/mol. The lowest BCUT2D eigenvalue weighted by atomic mass is 10.1. The third-order valence-electron chi connectivity index (χ3n) is 1.61. The van der Waals surface area contributed by atoms with Gasteiger partial charge in [-0.3, -0.25) is 0 Å². The maximum absolute atomic E-state index is 8.51. The molecule has 0 saturated carbocycles. The number of ether oxygens (including phenoxy) is 1. The summed E-state index contributed by atoms with van der Waals surface area (Å²) in [6, 6.07) is 8.55. The molecule has 0 amide bonds. The van der Waals surface area contributed by atoms with Crippen molar-refractivity contribution < 1.29 is 4.74 Å². The molecule has 1 atom stereocenters. The fraction of sp³-hybridized carbons (Fsp3) is 0.222. The van der Waals surface area contributed by atoms with Crippen molar-refractivity contribution in [3.8, 4) is 11.8 Å². The Morgan fingerprint density at radius 3 is 2.42 bits per heavy atom. The van der Waals surface area contributed by atoms with Crippen LogP contribution in [0.2, 0.25) is 0 Å². The van der Waals surface area contributed by atoms with Crippen LogP contribution in [0.3, 0.4) is 0 Å². The van der Waals surface area contributed by atoms with Crippen LogP contribution in [0.15, 0.2) is 24.3 Å². The van der Waals surface area contributed by atoms with Gasteiger partial charge in [-0.05, 0) is 17.7 Å². The summed E-state index contributed by atoms with van der Waals surface area (Å²) in [5, 5.41) is 8.51. The number of rotatable bonds is 2. The van der Waals surface area contributed by atoms with Crippen molar-refractivity contribution in [3.63, 3.8) is 0 Å². The summed E-state index contributed by atoms with van der Waals surface area (Å²) in [4.78, 5) is 0. The van der Waals surface area contributed by atoms with Gasteiger partial charge in [-0.1, -0.05) is 12.1 Å². The molecule has 0 aliphatic rings.